The van der Waals surface area contributed by atoms with Crippen LogP contribution in [0.5, 0.6) is 11.5 Å². The smallest absolute Gasteiger partial charge is 0.234 e. The van der Waals surface area contributed by atoms with Crippen molar-refractivity contribution >= 4 is 5.91 Å². The summed E-state index contributed by atoms with van der Waals surface area (Å²) in [5.41, 5.74) is 0.885. The number of nitrogens with one attached hydrogen (secondary N) is 2. The lowest BCUT2D eigenvalue weighted by Gasteiger charge is -2.13. The zero-order valence-corrected chi connectivity index (χ0v) is 10.4. The molecule has 1 aromatic carbocycles. The summed E-state index contributed by atoms with van der Waals surface area (Å²) >= 11 is 0. The first kappa shape index (κ1) is 13.3. The SMILES string of the molecule is CNCC(=O)NCc1cccc(OC)c1OC. The summed E-state index contributed by atoms with van der Waals surface area (Å²) in [6.07, 6.45) is 0. The van der Waals surface area contributed by atoms with Crippen LogP contribution in [0.15, 0.2) is 18.2 Å². The molecule has 0 aliphatic carbocycles. The van der Waals surface area contributed by atoms with Crippen LogP contribution in [-0.4, -0.2) is 33.7 Å². The molecule has 1 rings (SSSR count). The Kier molecular flexibility index (Phi) is 5.29. The molecule has 17 heavy (non-hydrogen) atoms. The minimum absolute atomic E-state index is 0.0580. The molecule has 0 saturated carbocycles. The monoisotopic (exact) mass is 238 g/mol. The Morgan fingerprint density at radius 1 is 1.29 bits per heavy atom. The lowest BCUT2D eigenvalue weighted by atomic mass is 10.2. The maximum Gasteiger partial charge on any atom is 0.234 e. The van der Waals surface area contributed by atoms with Crippen LogP contribution >= 0.6 is 0 Å². The summed E-state index contributed by atoms with van der Waals surface area (Å²) in [5, 5.41) is 5.58. The molecule has 0 radical (unpaired) electrons. The van der Waals surface area contributed by atoms with E-state index in [1.54, 1.807) is 21.3 Å². The second-order valence-corrected chi connectivity index (χ2v) is 3.46. The Bertz CT molecular complexity index is 380. The van der Waals surface area contributed by atoms with Crippen LogP contribution in [0.25, 0.3) is 0 Å². The molecule has 0 aliphatic heterocycles. The largest absolute Gasteiger partial charge is 0.493 e. The van der Waals surface area contributed by atoms with E-state index in [9.17, 15) is 4.79 Å². The van der Waals surface area contributed by atoms with Crippen molar-refractivity contribution in [2.75, 3.05) is 27.8 Å². The van der Waals surface area contributed by atoms with E-state index in [0.717, 1.165) is 5.56 Å². The number of benzene rings is 1. The molecule has 0 unspecified atom stereocenters. The highest BCUT2D eigenvalue weighted by Crippen LogP contribution is 2.30. The molecule has 0 atom stereocenters. The molecule has 5 nitrogen and oxygen atoms in total. The van der Waals surface area contributed by atoms with Gasteiger partial charge in [0.25, 0.3) is 0 Å². The van der Waals surface area contributed by atoms with Gasteiger partial charge in [-0.15, -0.1) is 0 Å². The van der Waals surface area contributed by atoms with Crippen molar-refractivity contribution in [3.05, 3.63) is 23.8 Å². The predicted octanol–water partition coefficient (Wildman–Crippen LogP) is 0.539. The Balaban J connectivity index is 2.73. The number of rotatable bonds is 6. The molecule has 0 saturated heterocycles. The molecule has 0 heterocycles. The molecule has 0 aromatic heterocycles. The van der Waals surface area contributed by atoms with Crippen LogP contribution < -0.4 is 20.1 Å². The van der Waals surface area contributed by atoms with Gasteiger partial charge in [0.2, 0.25) is 5.91 Å². The fourth-order valence-electron chi connectivity index (χ4n) is 1.51. The zero-order valence-electron chi connectivity index (χ0n) is 10.4. The standard InChI is InChI=1S/C12H18N2O3/c1-13-8-11(15)14-7-9-5-4-6-10(16-2)12(9)17-3/h4-6,13H,7-8H2,1-3H3,(H,14,15). The van der Waals surface area contributed by atoms with Gasteiger partial charge in [-0.25, -0.2) is 0 Å². The van der Waals surface area contributed by atoms with Gasteiger partial charge < -0.3 is 20.1 Å². The number of hydrogen-bond acceptors (Lipinski definition) is 4. The molecular formula is C12H18N2O3. The second kappa shape index (κ2) is 6.75. The van der Waals surface area contributed by atoms with E-state index in [4.69, 9.17) is 9.47 Å². The topological polar surface area (TPSA) is 59.6 Å². The number of para-hydroxylation sites is 1. The predicted molar refractivity (Wildman–Crippen MR) is 65.3 cm³/mol. The van der Waals surface area contributed by atoms with Gasteiger partial charge in [-0.3, -0.25) is 4.79 Å². The Labute approximate surface area is 101 Å². The summed E-state index contributed by atoms with van der Waals surface area (Å²) in [6, 6.07) is 5.57. The number of methoxy groups -OCH3 is 2. The Hall–Kier alpha value is -1.75. The summed E-state index contributed by atoms with van der Waals surface area (Å²) in [7, 11) is 4.89. The molecule has 1 amide bonds. The summed E-state index contributed by atoms with van der Waals surface area (Å²) in [5.74, 6) is 1.25. The summed E-state index contributed by atoms with van der Waals surface area (Å²) in [6.45, 7) is 0.715. The lowest BCUT2D eigenvalue weighted by molar-refractivity contribution is -0.120. The third-order valence-corrected chi connectivity index (χ3v) is 2.30. The number of likely N-dealkylation sites (N-methyl/N-ethyl adjacent to an activating group) is 1. The van der Waals surface area contributed by atoms with Gasteiger partial charge in [-0.1, -0.05) is 12.1 Å². The van der Waals surface area contributed by atoms with Gasteiger partial charge in [0.1, 0.15) is 0 Å². The summed E-state index contributed by atoms with van der Waals surface area (Å²) < 4.78 is 10.4. The van der Waals surface area contributed by atoms with Crippen LogP contribution in [0.2, 0.25) is 0 Å². The molecule has 0 bridgehead atoms. The van der Waals surface area contributed by atoms with Gasteiger partial charge >= 0.3 is 0 Å². The average molecular weight is 238 g/mol. The van der Waals surface area contributed by atoms with E-state index in [2.05, 4.69) is 10.6 Å². The highest BCUT2D eigenvalue weighted by atomic mass is 16.5. The first-order valence-electron chi connectivity index (χ1n) is 5.34. The van der Waals surface area contributed by atoms with E-state index >= 15 is 0 Å². The Morgan fingerprint density at radius 3 is 2.65 bits per heavy atom. The van der Waals surface area contributed by atoms with E-state index in [1.807, 2.05) is 18.2 Å². The highest BCUT2D eigenvalue weighted by Gasteiger charge is 2.09. The number of ether oxygens (including phenoxy) is 2. The minimum atomic E-state index is -0.0580. The second-order valence-electron chi connectivity index (χ2n) is 3.46. The number of hydrogen-bond donors (Lipinski definition) is 2. The van der Waals surface area contributed by atoms with Crippen LogP contribution in [-0.2, 0) is 11.3 Å². The molecule has 1 aromatic rings. The zero-order chi connectivity index (χ0) is 12.7. The first-order chi connectivity index (χ1) is 8.22. The maximum atomic E-state index is 11.3. The van der Waals surface area contributed by atoms with Gasteiger partial charge in [0.15, 0.2) is 11.5 Å². The third kappa shape index (κ3) is 3.64. The fraction of sp³-hybridized carbons (Fsp3) is 0.417. The van der Waals surface area contributed by atoms with Crippen molar-refractivity contribution < 1.29 is 14.3 Å². The molecule has 0 spiro atoms. The quantitative estimate of drug-likeness (QED) is 0.759. The minimum Gasteiger partial charge on any atom is -0.493 e. The van der Waals surface area contributed by atoms with E-state index < -0.39 is 0 Å². The van der Waals surface area contributed by atoms with Gasteiger partial charge in [0.05, 0.1) is 20.8 Å². The van der Waals surface area contributed by atoms with Crippen LogP contribution in [0.4, 0.5) is 0 Å². The molecule has 0 aliphatic rings. The maximum absolute atomic E-state index is 11.3. The average Bonchev–Trinajstić information content (AvgIpc) is 2.36. The van der Waals surface area contributed by atoms with Crippen LogP contribution in [0.3, 0.4) is 0 Å². The first-order valence-corrected chi connectivity index (χ1v) is 5.34. The van der Waals surface area contributed by atoms with Crippen molar-refractivity contribution in [1.29, 1.82) is 0 Å². The van der Waals surface area contributed by atoms with Gasteiger partial charge in [0, 0.05) is 12.1 Å². The fourth-order valence-corrected chi connectivity index (χ4v) is 1.51. The summed E-state index contributed by atoms with van der Waals surface area (Å²) in [4.78, 5) is 11.3. The van der Waals surface area contributed by atoms with Crippen molar-refractivity contribution in [1.82, 2.24) is 10.6 Å². The van der Waals surface area contributed by atoms with E-state index in [1.165, 1.54) is 0 Å². The molecule has 2 N–H and O–H groups in total. The van der Waals surface area contributed by atoms with Crippen molar-refractivity contribution in [3.63, 3.8) is 0 Å². The van der Waals surface area contributed by atoms with Crippen LogP contribution in [0, 0.1) is 0 Å². The number of carbonyl (C=O) groups excluding carboxylic acids is 1. The number of amides is 1. The molecule has 94 valence electrons. The Morgan fingerprint density at radius 2 is 2.06 bits per heavy atom. The molecule has 5 heteroatoms. The van der Waals surface area contributed by atoms with Gasteiger partial charge in [-0.05, 0) is 13.1 Å². The van der Waals surface area contributed by atoms with E-state index in [-0.39, 0.29) is 5.91 Å². The molecular weight excluding hydrogens is 220 g/mol. The number of carbonyl (C=O) groups is 1. The lowest BCUT2D eigenvalue weighted by Crippen LogP contribution is -2.31. The van der Waals surface area contributed by atoms with Crippen LogP contribution in [0.1, 0.15) is 5.56 Å². The highest BCUT2D eigenvalue weighted by molar-refractivity contribution is 5.78. The van der Waals surface area contributed by atoms with Gasteiger partial charge in [-0.2, -0.15) is 0 Å². The van der Waals surface area contributed by atoms with Crippen molar-refractivity contribution in [2.24, 2.45) is 0 Å². The van der Waals surface area contributed by atoms with E-state index in [0.29, 0.717) is 24.6 Å². The van der Waals surface area contributed by atoms with Crippen molar-refractivity contribution in [2.45, 2.75) is 6.54 Å². The van der Waals surface area contributed by atoms with Crippen molar-refractivity contribution in [3.8, 4) is 11.5 Å². The normalized spacial score (nSPS) is 9.82. The third-order valence-electron chi connectivity index (χ3n) is 2.30. The molecule has 0 fully saturated rings.